The van der Waals surface area contributed by atoms with Crippen LogP contribution in [-0.2, 0) is 10.0 Å². The Balaban J connectivity index is 1.67. The third-order valence-corrected chi connectivity index (χ3v) is 7.21. The Kier molecular flexibility index (Phi) is 6.98. The lowest BCUT2D eigenvalue weighted by Gasteiger charge is -2.29. The Bertz CT molecular complexity index is 1660. The van der Waals surface area contributed by atoms with Crippen LogP contribution in [-0.4, -0.2) is 47.5 Å². The van der Waals surface area contributed by atoms with Crippen molar-refractivity contribution in [1.29, 1.82) is 0 Å². The van der Waals surface area contributed by atoms with Gasteiger partial charge in [0.05, 0.1) is 36.4 Å². The molecule has 1 aliphatic heterocycles. The average Bonchev–Trinajstić information content (AvgIpc) is 3.52. The van der Waals surface area contributed by atoms with Gasteiger partial charge in [0.1, 0.15) is 11.8 Å². The molecule has 5 rings (SSSR count). The maximum Gasteiger partial charge on any atom is 0.335 e. The molecule has 1 saturated heterocycles. The van der Waals surface area contributed by atoms with Crippen LogP contribution >= 0.6 is 12.2 Å². The number of carboxylic acid groups (broad SMARTS) is 1. The molecule has 0 aliphatic carbocycles. The van der Waals surface area contributed by atoms with Crippen molar-refractivity contribution in [2.45, 2.75) is 12.1 Å². The first-order chi connectivity index (χ1) is 18.7. The third kappa shape index (κ3) is 5.29. The summed E-state index contributed by atoms with van der Waals surface area (Å²) in [7, 11) is -2.13. The molecule has 3 N–H and O–H groups in total. The molecule has 0 saturated carbocycles. The van der Waals surface area contributed by atoms with E-state index in [9.17, 15) is 18.3 Å². The number of nitrogens with zero attached hydrogens (tertiary/aromatic N) is 3. The third-order valence-electron chi connectivity index (χ3n) is 6.31. The number of rotatable bonds is 8. The Morgan fingerprint density at radius 2 is 1.90 bits per heavy atom. The number of carbonyl (C=O) groups is 1. The van der Waals surface area contributed by atoms with E-state index in [4.69, 9.17) is 17.0 Å². The smallest absolute Gasteiger partial charge is 0.335 e. The maximum absolute atomic E-state index is 12.1. The molecule has 200 valence electrons. The summed E-state index contributed by atoms with van der Waals surface area (Å²) in [5, 5.41) is 13.3. The maximum atomic E-state index is 12.1. The molecule has 0 bridgehead atoms. The summed E-state index contributed by atoms with van der Waals surface area (Å²) in [6, 6.07) is 20.4. The Labute approximate surface area is 230 Å². The molecule has 2 aromatic heterocycles. The molecular weight excluding hydrogens is 538 g/mol. The van der Waals surface area contributed by atoms with Gasteiger partial charge < -0.3 is 24.6 Å². The molecule has 0 radical (unpaired) electrons. The average molecular weight is 564 g/mol. The van der Waals surface area contributed by atoms with Gasteiger partial charge >= 0.3 is 5.97 Å². The van der Waals surface area contributed by atoms with Crippen molar-refractivity contribution in [3.63, 3.8) is 0 Å². The van der Waals surface area contributed by atoms with Crippen LogP contribution in [0.15, 0.2) is 85.2 Å². The number of aromatic nitrogens is 2. The normalized spacial score (nSPS) is 17.1. The zero-order valence-corrected chi connectivity index (χ0v) is 22.6. The second-order valence-corrected chi connectivity index (χ2v) is 11.0. The fraction of sp³-hybridized carbons (Fsp3) is 0.148. The van der Waals surface area contributed by atoms with E-state index < -0.39 is 22.0 Å². The first kappa shape index (κ1) is 26.2. The molecule has 2 unspecified atom stereocenters. The van der Waals surface area contributed by atoms with Gasteiger partial charge in [-0.15, -0.1) is 0 Å². The fourth-order valence-electron chi connectivity index (χ4n) is 4.72. The van der Waals surface area contributed by atoms with Crippen molar-refractivity contribution in [2.24, 2.45) is 0 Å². The van der Waals surface area contributed by atoms with Gasteiger partial charge in [0.2, 0.25) is 10.0 Å². The van der Waals surface area contributed by atoms with Gasteiger partial charge in [-0.05, 0) is 72.9 Å². The highest BCUT2D eigenvalue weighted by Crippen LogP contribution is 2.44. The quantitative estimate of drug-likeness (QED) is 0.271. The van der Waals surface area contributed by atoms with Gasteiger partial charge in [-0.25, -0.2) is 13.2 Å². The van der Waals surface area contributed by atoms with E-state index in [1.807, 2.05) is 52.1 Å². The minimum atomic E-state index is -3.59. The lowest BCUT2D eigenvalue weighted by atomic mass is 10.0. The van der Waals surface area contributed by atoms with E-state index in [0.717, 1.165) is 17.6 Å². The number of nitrogens with one attached hydrogen (secondary N) is 2. The molecule has 0 spiro atoms. The van der Waals surface area contributed by atoms with E-state index in [1.165, 1.54) is 13.2 Å². The monoisotopic (exact) mass is 563 g/mol. The number of ether oxygens (including phenoxy) is 1. The summed E-state index contributed by atoms with van der Waals surface area (Å²) in [6.45, 7) is 0. The Morgan fingerprint density at radius 1 is 1.08 bits per heavy atom. The zero-order valence-electron chi connectivity index (χ0n) is 21.0. The van der Waals surface area contributed by atoms with Gasteiger partial charge in [0, 0.05) is 29.5 Å². The lowest BCUT2D eigenvalue weighted by molar-refractivity contribution is 0.0697. The van der Waals surface area contributed by atoms with Gasteiger partial charge in [-0.2, -0.15) is 0 Å². The Hall–Kier alpha value is -4.42. The minimum absolute atomic E-state index is 0.164. The van der Waals surface area contributed by atoms with Crippen molar-refractivity contribution in [3.05, 3.63) is 102 Å². The number of thiocarbonyl (C=S) groups is 1. The zero-order chi connectivity index (χ0) is 27.7. The number of carboxylic acids is 1. The fourth-order valence-corrected chi connectivity index (χ4v) is 5.62. The van der Waals surface area contributed by atoms with Crippen molar-refractivity contribution >= 4 is 44.7 Å². The van der Waals surface area contributed by atoms with Gasteiger partial charge in [-0.3, -0.25) is 9.71 Å². The molecular formula is C27H25N5O5S2. The SMILES string of the molecule is COc1ccc(N2C(=S)NC(c3ccccn3)C2c2cccn2-c2cccc(C(=O)O)c2)cc1NS(C)(=O)=O. The summed E-state index contributed by atoms with van der Waals surface area (Å²) in [5.41, 5.74) is 3.29. The number of methoxy groups -OCH3 is 1. The molecule has 0 amide bonds. The van der Waals surface area contributed by atoms with Crippen molar-refractivity contribution < 1.29 is 23.1 Å². The number of hydrogen-bond donors (Lipinski definition) is 3. The van der Waals surface area contributed by atoms with Gasteiger partial charge in [0.15, 0.2) is 5.11 Å². The number of sulfonamides is 1. The van der Waals surface area contributed by atoms with Gasteiger partial charge in [-0.1, -0.05) is 12.1 Å². The van der Waals surface area contributed by atoms with Crippen LogP contribution in [0, 0.1) is 0 Å². The van der Waals surface area contributed by atoms with E-state index in [-0.39, 0.29) is 17.3 Å². The van der Waals surface area contributed by atoms with Crippen LogP contribution in [0.4, 0.5) is 11.4 Å². The predicted octanol–water partition coefficient (Wildman–Crippen LogP) is 4.13. The second-order valence-electron chi connectivity index (χ2n) is 8.91. The highest BCUT2D eigenvalue weighted by Gasteiger charge is 2.42. The van der Waals surface area contributed by atoms with Crippen LogP contribution in [0.1, 0.15) is 33.8 Å². The van der Waals surface area contributed by atoms with Gasteiger partial charge in [0.25, 0.3) is 0 Å². The predicted molar refractivity (Wildman–Crippen MR) is 152 cm³/mol. The first-order valence-electron chi connectivity index (χ1n) is 11.8. The van der Waals surface area contributed by atoms with Crippen LogP contribution in [0.25, 0.3) is 5.69 Å². The highest BCUT2D eigenvalue weighted by atomic mass is 32.2. The molecule has 12 heteroatoms. The van der Waals surface area contributed by atoms with Crippen LogP contribution in [0.3, 0.4) is 0 Å². The van der Waals surface area contributed by atoms with Crippen LogP contribution < -0.4 is 19.7 Å². The molecule has 1 aliphatic rings. The molecule has 2 atom stereocenters. The molecule has 10 nitrogen and oxygen atoms in total. The van der Waals surface area contributed by atoms with Crippen molar-refractivity contribution in [1.82, 2.24) is 14.9 Å². The number of pyridine rings is 1. The molecule has 4 aromatic rings. The summed E-state index contributed by atoms with van der Waals surface area (Å²) < 4.78 is 33.9. The van der Waals surface area contributed by atoms with Crippen molar-refractivity contribution in [2.75, 3.05) is 23.0 Å². The van der Waals surface area contributed by atoms with Crippen LogP contribution in [0.2, 0.25) is 0 Å². The molecule has 39 heavy (non-hydrogen) atoms. The van der Waals surface area contributed by atoms with E-state index in [2.05, 4.69) is 15.0 Å². The topological polar surface area (TPSA) is 126 Å². The largest absolute Gasteiger partial charge is 0.495 e. The van der Waals surface area contributed by atoms with Crippen molar-refractivity contribution in [3.8, 4) is 11.4 Å². The highest BCUT2D eigenvalue weighted by molar-refractivity contribution is 7.92. The Morgan fingerprint density at radius 3 is 2.59 bits per heavy atom. The number of hydrogen-bond acceptors (Lipinski definition) is 6. The summed E-state index contributed by atoms with van der Waals surface area (Å²) >= 11 is 5.81. The van der Waals surface area contributed by atoms with E-state index in [1.54, 1.807) is 36.5 Å². The molecule has 3 heterocycles. The number of benzene rings is 2. The first-order valence-corrected chi connectivity index (χ1v) is 14.1. The summed E-state index contributed by atoms with van der Waals surface area (Å²) in [6.07, 6.45) is 4.63. The van der Waals surface area contributed by atoms with E-state index >= 15 is 0 Å². The molecule has 2 aromatic carbocycles. The number of aromatic carboxylic acids is 1. The summed E-state index contributed by atoms with van der Waals surface area (Å²) in [4.78, 5) is 18.1. The minimum Gasteiger partial charge on any atom is -0.495 e. The second kappa shape index (κ2) is 10.4. The van der Waals surface area contributed by atoms with E-state index in [0.29, 0.717) is 22.2 Å². The molecule has 1 fully saturated rings. The summed E-state index contributed by atoms with van der Waals surface area (Å²) in [5.74, 6) is -0.666. The van der Waals surface area contributed by atoms with Crippen LogP contribution in [0.5, 0.6) is 5.75 Å². The standard InChI is InChI=1S/C27H25N5O5S2/c1-37-23-12-11-19(16-21(23)30-39(2,35)36)32-25(24(29-27(32)38)20-9-3-4-13-28-20)22-10-6-14-31(22)18-8-5-7-17(15-18)26(33)34/h3-16,24-25,30H,1-2H3,(H,29,38)(H,33,34). The number of anilines is 2. The lowest BCUT2D eigenvalue weighted by Crippen LogP contribution is -2.30.